The van der Waals surface area contributed by atoms with Crippen LogP contribution in [-0.4, -0.2) is 21.5 Å². The predicted molar refractivity (Wildman–Crippen MR) is 128 cm³/mol. The Hall–Kier alpha value is -3.52. The lowest BCUT2D eigenvalue weighted by molar-refractivity contribution is 0.0882. The van der Waals surface area contributed by atoms with E-state index in [9.17, 15) is 14.0 Å². The lowest BCUT2D eigenvalue weighted by atomic mass is 9.71. The van der Waals surface area contributed by atoms with Crippen molar-refractivity contribution in [2.24, 2.45) is 11.5 Å². The number of nitrogens with two attached hydrogens (primary N) is 2. The van der Waals surface area contributed by atoms with E-state index < -0.39 is 23.0 Å². The van der Waals surface area contributed by atoms with E-state index in [-0.39, 0.29) is 33.3 Å². The van der Waals surface area contributed by atoms with E-state index in [0.29, 0.717) is 11.4 Å². The zero-order valence-electron chi connectivity index (χ0n) is 17.6. The van der Waals surface area contributed by atoms with Crippen LogP contribution in [0.1, 0.15) is 32.0 Å². The fraction of sp³-hybridized carbons (Fsp3) is 0.0800. The van der Waals surface area contributed by atoms with Gasteiger partial charge in [-0.15, -0.1) is 0 Å². The molecule has 4 N–H and O–H groups in total. The molecule has 0 saturated heterocycles. The number of aromatic nitrogens is 2. The van der Waals surface area contributed by atoms with E-state index in [0.717, 1.165) is 11.1 Å². The Kier molecular flexibility index (Phi) is 5.28. The molecular formula is C25H17Cl2FN4O2. The van der Waals surface area contributed by atoms with E-state index in [1.807, 2.05) is 24.3 Å². The third kappa shape index (κ3) is 3.32. The number of rotatable bonds is 4. The Labute approximate surface area is 203 Å². The van der Waals surface area contributed by atoms with E-state index in [1.54, 1.807) is 12.1 Å². The molecule has 0 saturated carbocycles. The minimum Gasteiger partial charge on any atom is -0.364 e. The first-order valence-electron chi connectivity index (χ1n) is 10.3. The van der Waals surface area contributed by atoms with Crippen molar-refractivity contribution < 1.29 is 14.0 Å². The summed E-state index contributed by atoms with van der Waals surface area (Å²) < 4.78 is 15.1. The van der Waals surface area contributed by atoms with Gasteiger partial charge in [0.05, 0.1) is 21.4 Å². The Balaban J connectivity index is 1.84. The van der Waals surface area contributed by atoms with E-state index in [1.165, 1.54) is 35.0 Å². The van der Waals surface area contributed by atoms with Crippen LogP contribution in [0.15, 0.2) is 66.7 Å². The molecule has 34 heavy (non-hydrogen) atoms. The van der Waals surface area contributed by atoms with Crippen molar-refractivity contribution in [2.75, 3.05) is 0 Å². The smallest absolute Gasteiger partial charge is 0.269 e. The number of halogens is 3. The molecule has 5 rings (SSSR count). The van der Waals surface area contributed by atoms with Crippen LogP contribution < -0.4 is 11.5 Å². The minimum atomic E-state index is -1.72. The molecule has 0 radical (unpaired) electrons. The highest BCUT2D eigenvalue weighted by molar-refractivity contribution is 6.44. The highest BCUT2D eigenvalue weighted by Gasteiger charge is 2.48. The first-order chi connectivity index (χ1) is 16.2. The Morgan fingerprint density at radius 3 is 2.41 bits per heavy atom. The Morgan fingerprint density at radius 1 is 1.00 bits per heavy atom. The summed E-state index contributed by atoms with van der Waals surface area (Å²) in [7, 11) is 0. The van der Waals surface area contributed by atoms with Crippen LogP contribution in [0.25, 0.3) is 16.9 Å². The lowest BCUT2D eigenvalue weighted by Gasteiger charge is -2.34. The highest BCUT2D eigenvalue weighted by Crippen LogP contribution is 2.45. The SMILES string of the molecule is NC(=O)c1nn(-c2ccc(F)cc2)c2c1C(N)(C(=O)c1cccc(Cl)c1Cl)Cc1ccccc1-2. The van der Waals surface area contributed by atoms with Crippen LogP contribution in [0.4, 0.5) is 4.39 Å². The second kappa shape index (κ2) is 8.06. The van der Waals surface area contributed by atoms with Gasteiger partial charge < -0.3 is 11.5 Å². The monoisotopic (exact) mass is 494 g/mol. The van der Waals surface area contributed by atoms with Crippen molar-refractivity contribution in [1.29, 1.82) is 0 Å². The minimum absolute atomic E-state index is 0.0611. The summed E-state index contributed by atoms with van der Waals surface area (Å²) in [6.45, 7) is 0. The zero-order chi connectivity index (χ0) is 24.2. The first-order valence-corrected chi connectivity index (χ1v) is 11.0. The van der Waals surface area contributed by atoms with Crippen LogP contribution in [-0.2, 0) is 12.0 Å². The average Bonchev–Trinajstić information content (AvgIpc) is 3.23. The molecule has 6 nitrogen and oxygen atoms in total. The number of hydrogen-bond acceptors (Lipinski definition) is 4. The van der Waals surface area contributed by atoms with Crippen LogP contribution >= 0.6 is 23.2 Å². The third-order valence-corrected chi connectivity index (χ3v) is 6.80. The summed E-state index contributed by atoms with van der Waals surface area (Å²) in [5.41, 5.74) is 13.4. The second-order valence-corrected chi connectivity index (χ2v) is 8.85. The molecule has 1 heterocycles. The van der Waals surface area contributed by atoms with Gasteiger partial charge in [-0.2, -0.15) is 5.10 Å². The van der Waals surface area contributed by atoms with Gasteiger partial charge in [0.2, 0.25) is 0 Å². The number of carbonyl (C=O) groups is 2. The van der Waals surface area contributed by atoms with Crippen molar-refractivity contribution in [1.82, 2.24) is 9.78 Å². The molecule has 1 aromatic heterocycles. The van der Waals surface area contributed by atoms with Crippen LogP contribution in [0.5, 0.6) is 0 Å². The summed E-state index contributed by atoms with van der Waals surface area (Å²) in [5, 5.41) is 4.69. The zero-order valence-corrected chi connectivity index (χ0v) is 19.1. The van der Waals surface area contributed by atoms with E-state index in [4.69, 9.17) is 34.7 Å². The Morgan fingerprint density at radius 2 is 1.71 bits per heavy atom. The van der Waals surface area contributed by atoms with Gasteiger partial charge in [-0.1, -0.05) is 53.5 Å². The summed E-state index contributed by atoms with van der Waals surface area (Å²) in [6.07, 6.45) is 0.0766. The topological polar surface area (TPSA) is 104 Å². The van der Waals surface area contributed by atoms with E-state index >= 15 is 0 Å². The molecule has 1 aliphatic rings. The molecule has 3 aromatic carbocycles. The first kappa shape index (κ1) is 22.3. The summed E-state index contributed by atoms with van der Waals surface area (Å²) in [5.74, 6) is -1.81. The molecule has 9 heteroatoms. The molecule has 0 aliphatic heterocycles. The standard InChI is InChI=1S/C25H17Cl2FN4O2/c26-18-7-3-6-17(20(18)27)23(33)25(30)12-13-4-1-2-5-16(13)22-19(25)21(24(29)34)31-32(22)15-10-8-14(28)9-11-15/h1-11H,12,30H2,(H2,29,34). The number of fused-ring (bicyclic) bond motifs is 3. The van der Waals surface area contributed by atoms with Crippen molar-refractivity contribution in [2.45, 2.75) is 12.0 Å². The maximum absolute atomic E-state index is 13.9. The molecule has 170 valence electrons. The van der Waals surface area contributed by atoms with Crippen LogP contribution in [0.3, 0.4) is 0 Å². The lowest BCUT2D eigenvalue weighted by Crippen LogP contribution is -2.50. The van der Waals surface area contributed by atoms with Gasteiger partial charge in [-0.3, -0.25) is 9.59 Å². The largest absolute Gasteiger partial charge is 0.364 e. The van der Waals surface area contributed by atoms with Crippen LogP contribution in [0.2, 0.25) is 10.0 Å². The quantitative estimate of drug-likeness (QED) is 0.402. The van der Waals surface area contributed by atoms with Crippen LogP contribution in [0, 0.1) is 5.82 Å². The fourth-order valence-corrected chi connectivity index (χ4v) is 4.82. The molecule has 0 bridgehead atoms. The third-order valence-electron chi connectivity index (χ3n) is 5.98. The van der Waals surface area contributed by atoms with E-state index in [2.05, 4.69) is 5.10 Å². The summed E-state index contributed by atoms with van der Waals surface area (Å²) in [6, 6.07) is 17.6. The molecule has 1 unspecified atom stereocenters. The summed E-state index contributed by atoms with van der Waals surface area (Å²) in [4.78, 5) is 26.4. The number of ketones is 1. The van der Waals surface area contributed by atoms with Gasteiger partial charge in [-0.25, -0.2) is 9.07 Å². The molecular weight excluding hydrogens is 478 g/mol. The van der Waals surface area contributed by atoms with Gasteiger partial charge in [0, 0.05) is 23.1 Å². The number of benzene rings is 3. The predicted octanol–water partition coefficient (Wildman–Crippen LogP) is 4.68. The molecule has 1 aliphatic carbocycles. The second-order valence-electron chi connectivity index (χ2n) is 8.06. The molecule has 1 atom stereocenters. The van der Waals surface area contributed by atoms with Gasteiger partial charge >= 0.3 is 0 Å². The fourth-order valence-electron chi connectivity index (χ4n) is 4.44. The van der Waals surface area contributed by atoms with Gasteiger partial charge in [-0.05, 0) is 42.0 Å². The molecule has 1 amide bonds. The number of hydrogen-bond donors (Lipinski definition) is 2. The van der Waals surface area contributed by atoms with Crippen molar-refractivity contribution in [3.8, 4) is 16.9 Å². The maximum Gasteiger partial charge on any atom is 0.269 e. The number of primary amides is 1. The average molecular weight is 495 g/mol. The van der Waals surface area contributed by atoms with Gasteiger partial charge in [0.1, 0.15) is 11.4 Å². The van der Waals surface area contributed by atoms with Crippen molar-refractivity contribution in [3.05, 3.63) is 105 Å². The summed E-state index contributed by atoms with van der Waals surface area (Å²) >= 11 is 12.5. The normalized spacial score (nSPS) is 16.6. The highest BCUT2D eigenvalue weighted by atomic mass is 35.5. The molecule has 0 spiro atoms. The molecule has 0 fully saturated rings. The number of Topliss-reactive ketones (excluding diaryl/α,β-unsaturated/α-hetero) is 1. The number of amides is 1. The maximum atomic E-state index is 13.9. The number of nitrogens with zero attached hydrogens (tertiary/aromatic N) is 2. The Bertz CT molecular complexity index is 1480. The van der Waals surface area contributed by atoms with Gasteiger partial charge in [0.15, 0.2) is 11.5 Å². The molecule has 4 aromatic rings. The number of carbonyl (C=O) groups excluding carboxylic acids is 2. The van der Waals surface area contributed by atoms with Crippen molar-refractivity contribution >= 4 is 34.9 Å². The van der Waals surface area contributed by atoms with Gasteiger partial charge in [0.25, 0.3) is 5.91 Å². The van der Waals surface area contributed by atoms with Crippen molar-refractivity contribution in [3.63, 3.8) is 0 Å².